The number of hydrogen-bond acceptors (Lipinski definition) is 5. The Hall–Kier alpha value is -2.45. The molecule has 0 unspecified atom stereocenters. The Balaban J connectivity index is 1.20. The van der Waals surface area contributed by atoms with E-state index in [0.29, 0.717) is 22.3 Å². The van der Waals surface area contributed by atoms with E-state index in [1.807, 2.05) is 24.3 Å². The minimum atomic E-state index is -3.56. The van der Waals surface area contributed by atoms with Crippen LogP contribution in [0, 0.1) is 5.82 Å². The number of rotatable bonds is 2. The van der Waals surface area contributed by atoms with Crippen molar-refractivity contribution in [1.29, 1.82) is 0 Å². The quantitative estimate of drug-likeness (QED) is 0.769. The van der Waals surface area contributed by atoms with Gasteiger partial charge in [-0.1, -0.05) is 12.1 Å². The lowest BCUT2D eigenvalue weighted by Crippen LogP contribution is -2.64. The number of piperazine rings is 1. The van der Waals surface area contributed by atoms with Crippen molar-refractivity contribution in [2.75, 3.05) is 44.2 Å². The highest BCUT2D eigenvalue weighted by atomic mass is 32.2. The number of likely N-dealkylation sites (tertiary alicyclic amines) is 1. The summed E-state index contributed by atoms with van der Waals surface area (Å²) in [6, 6.07) is 14.1. The fourth-order valence-corrected chi connectivity index (χ4v) is 5.40. The summed E-state index contributed by atoms with van der Waals surface area (Å²) in [7, 11) is -3.56. The third kappa shape index (κ3) is 2.97. The van der Waals surface area contributed by atoms with Crippen LogP contribution < -0.4 is 4.90 Å². The first-order valence-corrected chi connectivity index (χ1v) is 10.9. The zero-order chi connectivity index (χ0) is 19.3. The SMILES string of the molecule is O=S1(=O)N=C(N2CC(N3CCN(c4ccc(F)cc4)CC3)C2)c2ccccc21. The van der Waals surface area contributed by atoms with Gasteiger partial charge in [0, 0.05) is 56.6 Å². The molecule has 2 fully saturated rings. The molecule has 3 aliphatic heterocycles. The number of fused-ring (bicyclic) bond motifs is 1. The van der Waals surface area contributed by atoms with Crippen LogP contribution in [0.5, 0.6) is 0 Å². The summed E-state index contributed by atoms with van der Waals surface area (Å²) < 4.78 is 41.6. The van der Waals surface area contributed by atoms with Gasteiger partial charge in [-0.3, -0.25) is 4.90 Å². The maximum Gasteiger partial charge on any atom is 0.285 e. The van der Waals surface area contributed by atoms with Crippen LogP contribution in [0.2, 0.25) is 0 Å². The lowest BCUT2D eigenvalue weighted by molar-refractivity contribution is 0.0758. The van der Waals surface area contributed by atoms with Crippen molar-refractivity contribution < 1.29 is 12.8 Å². The molecule has 2 aromatic carbocycles. The van der Waals surface area contributed by atoms with E-state index in [4.69, 9.17) is 0 Å². The summed E-state index contributed by atoms with van der Waals surface area (Å²) in [4.78, 5) is 7.09. The molecule has 6 nitrogen and oxygen atoms in total. The molecule has 0 N–H and O–H groups in total. The smallest absolute Gasteiger partial charge is 0.285 e. The van der Waals surface area contributed by atoms with E-state index in [0.717, 1.165) is 45.0 Å². The van der Waals surface area contributed by atoms with E-state index in [9.17, 15) is 12.8 Å². The van der Waals surface area contributed by atoms with E-state index < -0.39 is 10.0 Å². The first kappa shape index (κ1) is 17.6. The van der Waals surface area contributed by atoms with Gasteiger partial charge in [0.25, 0.3) is 10.0 Å². The van der Waals surface area contributed by atoms with Crippen molar-refractivity contribution in [3.05, 3.63) is 59.9 Å². The summed E-state index contributed by atoms with van der Waals surface area (Å²) in [5.41, 5.74) is 1.76. The molecule has 0 bridgehead atoms. The Bertz CT molecular complexity index is 1020. The van der Waals surface area contributed by atoms with Crippen LogP contribution in [0.1, 0.15) is 5.56 Å². The molecule has 0 atom stereocenters. The Morgan fingerprint density at radius 3 is 2.29 bits per heavy atom. The van der Waals surface area contributed by atoms with Gasteiger partial charge in [0.2, 0.25) is 0 Å². The maximum absolute atomic E-state index is 13.1. The van der Waals surface area contributed by atoms with Crippen LogP contribution in [-0.4, -0.2) is 69.4 Å². The van der Waals surface area contributed by atoms with Crippen molar-refractivity contribution >= 4 is 21.5 Å². The molecule has 2 saturated heterocycles. The molecule has 0 amide bonds. The summed E-state index contributed by atoms with van der Waals surface area (Å²) >= 11 is 0. The second-order valence-electron chi connectivity index (χ2n) is 7.44. The second-order valence-corrected chi connectivity index (χ2v) is 9.02. The van der Waals surface area contributed by atoms with Gasteiger partial charge in [-0.15, -0.1) is 4.40 Å². The fourth-order valence-electron chi connectivity index (χ4n) is 4.17. The van der Waals surface area contributed by atoms with Gasteiger partial charge < -0.3 is 9.80 Å². The zero-order valence-corrected chi connectivity index (χ0v) is 16.1. The van der Waals surface area contributed by atoms with Crippen LogP contribution >= 0.6 is 0 Å². The summed E-state index contributed by atoms with van der Waals surface area (Å²) in [6.07, 6.45) is 0. The molecule has 0 aliphatic carbocycles. The molecule has 0 radical (unpaired) electrons. The van der Waals surface area contributed by atoms with E-state index in [1.165, 1.54) is 12.1 Å². The molecule has 8 heteroatoms. The first-order chi connectivity index (χ1) is 13.5. The number of benzene rings is 2. The molecule has 28 heavy (non-hydrogen) atoms. The predicted octanol–water partition coefficient (Wildman–Crippen LogP) is 1.78. The van der Waals surface area contributed by atoms with Crippen LogP contribution in [0.25, 0.3) is 0 Å². The highest BCUT2D eigenvalue weighted by molar-refractivity contribution is 7.90. The number of sulfonamides is 1. The van der Waals surface area contributed by atoms with Gasteiger partial charge in [-0.25, -0.2) is 4.39 Å². The molecule has 3 aliphatic rings. The van der Waals surface area contributed by atoms with Crippen molar-refractivity contribution in [1.82, 2.24) is 9.80 Å². The van der Waals surface area contributed by atoms with Gasteiger partial charge in [-0.05, 0) is 36.4 Å². The largest absolute Gasteiger partial charge is 0.369 e. The lowest BCUT2D eigenvalue weighted by Gasteiger charge is -2.49. The highest BCUT2D eigenvalue weighted by Crippen LogP contribution is 2.30. The van der Waals surface area contributed by atoms with Crippen LogP contribution in [0.3, 0.4) is 0 Å². The minimum absolute atomic E-state index is 0.213. The first-order valence-electron chi connectivity index (χ1n) is 9.45. The molecule has 2 aromatic rings. The molecular formula is C20H21FN4O2S. The summed E-state index contributed by atoms with van der Waals surface area (Å²) in [6.45, 7) is 5.27. The molecule has 0 spiro atoms. The Labute approximate surface area is 163 Å². The molecular weight excluding hydrogens is 379 g/mol. The Morgan fingerprint density at radius 2 is 1.57 bits per heavy atom. The number of halogens is 1. The molecule has 0 saturated carbocycles. The molecule has 5 rings (SSSR count). The van der Waals surface area contributed by atoms with Crippen LogP contribution in [0.15, 0.2) is 57.8 Å². The standard InChI is InChI=1S/C20H21FN4O2S/c21-15-5-7-16(8-6-15)23-9-11-24(12-10-23)17-13-25(14-17)20-18-3-1-2-4-19(18)28(26,27)22-20/h1-8,17H,9-14H2. The lowest BCUT2D eigenvalue weighted by atomic mass is 10.0. The van der Waals surface area contributed by atoms with Gasteiger partial charge in [0.1, 0.15) is 10.7 Å². The third-order valence-electron chi connectivity index (χ3n) is 5.80. The summed E-state index contributed by atoms with van der Waals surface area (Å²) in [5, 5.41) is 0. The van der Waals surface area contributed by atoms with Gasteiger partial charge in [0.05, 0.1) is 0 Å². The predicted molar refractivity (Wildman–Crippen MR) is 106 cm³/mol. The number of nitrogens with zero attached hydrogens (tertiary/aromatic N) is 4. The van der Waals surface area contributed by atoms with E-state index >= 15 is 0 Å². The van der Waals surface area contributed by atoms with Crippen molar-refractivity contribution in [3.8, 4) is 0 Å². The van der Waals surface area contributed by atoms with Gasteiger partial charge in [0.15, 0.2) is 5.84 Å². The molecule has 0 aromatic heterocycles. The Morgan fingerprint density at radius 1 is 0.893 bits per heavy atom. The van der Waals surface area contributed by atoms with Crippen molar-refractivity contribution in [3.63, 3.8) is 0 Å². The number of amidine groups is 1. The van der Waals surface area contributed by atoms with Gasteiger partial charge >= 0.3 is 0 Å². The van der Waals surface area contributed by atoms with Crippen LogP contribution in [-0.2, 0) is 10.0 Å². The van der Waals surface area contributed by atoms with E-state index in [2.05, 4.69) is 19.1 Å². The topological polar surface area (TPSA) is 56.2 Å². The van der Waals surface area contributed by atoms with E-state index in [-0.39, 0.29) is 5.82 Å². The fraction of sp³-hybridized carbons (Fsp3) is 0.350. The Kier molecular flexibility index (Phi) is 4.13. The third-order valence-corrected chi connectivity index (χ3v) is 7.12. The van der Waals surface area contributed by atoms with Gasteiger partial charge in [-0.2, -0.15) is 8.42 Å². The van der Waals surface area contributed by atoms with Crippen molar-refractivity contribution in [2.45, 2.75) is 10.9 Å². The molecule has 146 valence electrons. The van der Waals surface area contributed by atoms with Crippen molar-refractivity contribution in [2.24, 2.45) is 4.40 Å². The number of anilines is 1. The number of hydrogen-bond donors (Lipinski definition) is 0. The normalized spacial score (nSPS) is 22.0. The summed E-state index contributed by atoms with van der Waals surface area (Å²) in [5.74, 6) is 0.368. The average molecular weight is 400 g/mol. The van der Waals surface area contributed by atoms with E-state index in [1.54, 1.807) is 12.1 Å². The molecule has 3 heterocycles. The minimum Gasteiger partial charge on any atom is -0.369 e. The van der Waals surface area contributed by atoms with Crippen LogP contribution in [0.4, 0.5) is 10.1 Å². The average Bonchev–Trinajstić information content (AvgIpc) is 2.93. The zero-order valence-electron chi connectivity index (χ0n) is 15.3. The second kappa shape index (κ2) is 6.56. The maximum atomic E-state index is 13.1. The monoisotopic (exact) mass is 400 g/mol. The highest BCUT2D eigenvalue weighted by Gasteiger charge is 2.39.